The predicted molar refractivity (Wildman–Crippen MR) is 38.6 cm³/mol. The van der Waals surface area contributed by atoms with Crippen LogP contribution in [0.4, 0.5) is 0 Å². The lowest BCUT2D eigenvalue weighted by molar-refractivity contribution is 0.414. The summed E-state index contributed by atoms with van der Waals surface area (Å²) in [6.07, 6.45) is 0. The summed E-state index contributed by atoms with van der Waals surface area (Å²) in [6, 6.07) is 7.38. The average molecular weight is 139 g/mol. The molecule has 0 amide bonds. The highest BCUT2D eigenvalue weighted by molar-refractivity contribution is 7.58. The number of rotatable bonds is 1. The summed E-state index contributed by atoms with van der Waals surface area (Å²) in [5, 5.41) is 0. The Morgan fingerprint density at radius 1 is 1.22 bits per heavy atom. The minimum absolute atomic E-state index is 0.843. The van der Waals surface area contributed by atoms with Gasteiger partial charge in [0.25, 0.3) is 0 Å². The second kappa shape index (κ2) is 2.69. The summed E-state index contributed by atoms with van der Waals surface area (Å²) < 4.78 is 4.92. The number of hydrogen-bond acceptors (Lipinski definition) is 2. The van der Waals surface area contributed by atoms with E-state index in [4.69, 9.17) is 17.4 Å². The molecule has 0 bridgehead atoms. The molecule has 0 radical (unpaired) electrons. The first kappa shape index (κ1) is 6.36. The van der Waals surface area contributed by atoms with Crippen LogP contribution >= 0.6 is 0 Å². The topological polar surface area (TPSA) is 9.23 Å². The van der Waals surface area contributed by atoms with Crippen LogP contribution in [-0.4, -0.2) is 7.11 Å². The van der Waals surface area contributed by atoms with E-state index in [1.165, 1.54) is 0 Å². The van der Waals surface area contributed by atoms with E-state index in [0.717, 1.165) is 10.6 Å². The molecule has 2 heteroatoms. The molecule has 0 spiro atoms. The van der Waals surface area contributed by atoms with Gasteiger partial charge >= 0.3 is 0 Å². The molecule has 0 saturated carbocycles. The average Bonchev–Trinajstić information content (AvgIpc) is 1.90. The number of hydrogen-bond donors (Lipinski definition) is 0. The van der Waals surface area contributed by atoms with Crippen LogP contribution in [0.1, 0.15) is 0 Å². The fourth-order valence-electron chi connectivity index (χ4n) is 0.576. The molecule has 1 aromatic rings. The molecule has 0 aliphatic heterocycles. The van der Waals surface area contributed by atoms with Gasteiger partial charge in [-0.2, -0.15) is 4.90 Å². The Morgan fingerprint density at radius 2 is 1.78 bits per heavy atom. The van der Waals surface area contributed by atoms with Crippen LogP contribution < -0.4 is 4.74 Å². The second-order valence-corrected chi connectivity index (χ2v) is 2.15. The van der Waals surface area contributed by atoms with E-state index in [1.807, 2.05) is 24.3 Å². The zero-order chi connectivity index (χ0) is 6.69. The van der Waals surface area contributed by atoms with Crippen molar-refractivity contribution in [3.63, 3.8) is 0 Å². The maximum Gasteiger partial charge on any atom is 0.118 e. The van der Waals surface area contributed by atoms with Gasteiger partial charge in [0.1, 0.15) is 5.75 Å². The standard InChI is InChI=1S/C7H8OS/c1-8-6-2-4-7(9)5-3-6/h2-5,9H,1H3/p-1. The molecule has 0 aliphatic rings. The monoisotopic (exact) mass is 139 g/mol. The van der Waals surface area contributed by atoms with Crippen molar-refractivity contribution in [1.82, 2.24) is 0 Å². The Bertz CT molecular complexity index is 181. The number of methoxy groups -OCH3 is 1. The highest BCUT2D eigenvalue weighted by Crippen LogP contribution is 2.09. The van der Waals surface area contributed by atoms with Gasteiger partial charge in [-0.15, -0.1) is 0 Å². The molecule has 48 valence electrons. The molecule has 9 heavy (non-hydrogen) atoms. The molecule has 0 atom stereocenters. The molecule has 1 rings (SSSR count). The fraction of sp³-hybridized carbons (Fsp3) is 0.143. The largest absolute Gasteiger partial charge is 0.780 e. The van der Waals surface area contributed by atoms with Crippen LogP contribution in [0.15, 0.2) is 29.2 Å². The van der Waals surface area contributed by atoms with Gasteiger partial charge in [-0.25, -0.2) is 0 Å². The third-order valence-electron chi connectivity index (χ3n) is 1.06. The van der Waals surface area contributed by atoms with Crippen molar-refractivity contribution in [3.8, 4) is 5.75 Å². The molecular weight excluding hydrogens is 132 g/mol. The Kier molecular flexibility index (Phi) is 1.90. The second-order valence-electron chi connectivity index (χ2n) is 1.68. The molecule has 0 N–H and O–H groups in total. The molecule has 0 heterocycles. The maximum absolute atomic E-state index is 4.92. The molecule has 1 aromatic carbocycles. The van der Waals surface area contributed by atoms with E-state index in [1.54, 1.807) is 7.11 Å². The van der Waals surface area contributed by atoms with Gasteiger partial charge in [-0.1, -0.05) is 12.1 Å². The highest BCUT2D eigenvalue weighted by Gasteiger charge is 1.81. The third kappa shape index (κ3) is 1.57. The fourth-order valence-corrected chi connectivity index (χ4v) is 0.712. The Hall–Kier alpha value is -0.760. The van der Waals surface area contributed by atoms with Crippen LogP contribution in [0.25, 0.3) is 0 Å². The van der Waals surface area contributed by atoms with Crippen molar-refractivity contribution in [3.05, 3.63) is 24.3 Å². The Balaban J connectivity index is 2.88. The van der Waals surface area contributed by atoms with Gasteiger partial charge in [0.15, 0.2) is 0 Å². The Morgan fingerprint density at radius 3 is 2.22 bits per heavy atom. The van der Waals surface area contributed by atoms with E-state index in [2.05, 4.69) is 0 Å². The van der Waals surface area contributed by atoms with Gasteiger partial charge in [0.05, 0.1) is 7.11 Å². The van der Waals surface area contributed by atoms with E-state index >= 15 is 0 Å². The lowest BCUT2D eigenvalue weighted by atomic mass is 10.3. The van der Waals surface area contributed by atoms with Crippen molar-refractivity contribution in [1.29, 1.82) is 0 Å². The normalized spacial score (nSPS) is 9.00. The van der Waals surface area contributed by atoms with E-state index in [0.29, 0.717) is 0 Å². The maximum atomic E-state index is 4.92. The quantitative estimate of drug-likeness (QED) is 0.546. The molecule has 0 unspecified atom stereocenters. The first-order valence-corrected chi connectivity index (χ1v) is 3.05. The first-order chi connectivity index (χ1) is 4.33. The van der Waals surface area contributed by atoms with Crippen molar-refractivity contribution >= 4 is 12.6 Å². The Labute approximate surface area is 60.1 Å². The van der Waals surface area contributed by atoms with E-state index in [9.17, 15) is 0 Å². The van der Waals surface area contributed by atoms with Crippen LogP contribution in [0.3, 0.4) is 0 Å². The van der Waals surface area contributed by atoms with Crippen molar-refractivity contribution in [2.24, 2.45) is 0 Å². The molecule has 0 aromatic heterocycles. The van der Waals surface area contributed by atoms with Crippen LogP contribution in [0.2, 0.25) is 0 Å². The minimum Gasteiger partial charge on any atom is -0.780 e. The van der Waals surface area contributed by atoms with Gasteiger partial charge in [-0.05, 0) is 12.1 Å². The van der Waals surface area contributed by atoms with Gasteiger partial charge in [0, 0.05) is 0 Å². The zero-order valence-corrected chi connectivity index (χ0v) is 5.94. The van der Waals surface area contributed by atoms with Gasteiger partial charge in [0.2, 0.25) is 0 Å². The molecule has 0 fully saturated rings. The number of benzene rings is 1. The summed E-state index contributed by atoms with van der Waals surface area (Å²) in [4.78, 5) is 0.843. The van der Waals surface area contributed by atoms with Crippen LogP contribution in [0.5, 0.6) is 5.75 Å². The summed E-state index contributed by atoms with van der Waals surface area (Å²) >= 11 is 4.86. The van der Waals surface area contributed by atoms with Crippen LogP contribution in [-0.2, 0) is 12.6 Å². The summed E-state index contributed by atoms with van der Waals surface area (Å²) in [7, 11) is 1.64. The molecule has 0 aliphatic carbocycles. The molecule has 0 saturated heterocycles. The lowest BCUT2D eigenvalue weighted by Gasteiger charge is -2.04. The SMILES string of the molecule is COc1ccc([S-])cc1. The van der Waals surface area contributed by atoms with E-state index < -0.39 is 0 Å². The zero-order valence-electron chi connectivity index (χ0n) is 5.13. The summed E-state index contributed by atoms with van der Waals surface area (Å²) in [5.41, 5.74) is 0. The van der Waals surface area contributed by atoms with Crippen molar-refractivity contribution < 1.29 is 4.74 Å². The lowest BCUT2D eigenvalue weighted by Crippen LogP contribution is -1.80. The van der Waals surface area contributed by atoms with Gasteiger partial charge < -0.3 is 17.4 Å². The minimum atomic E-state index is 0.843. The summed E-state index contributed by atoms with van der Waals surface area (Å²) in [5.74, 6) is 0.851. The number of ether oxygens (including phenoxy) is 1. The first-order valence-electron chi connectivity index (χ1n) is 2.64. The molecular formula is C7H7OS-. The van der Waals surface area contributed by atoms with E-state index in [-0.39, 0.29) is 0 Å². The smallest absolute Gasteiger partial charge is 0.118 e. The van der Waals surface area contributed by atoms with Gasteiger partial charge in [-0.3, -0.25) is 0 Å². The van der Waals surface area contributed by atoms with Crippen molar-refractivity contribution in [2.45, 2.75) is 4.90 Å². The highest BCUT2D eigenvalue weighted by atomic mass is 32.1. The predicted octanol–water partition coefficient (Wildman–Crippen LogP) is 1.60. The van der Waals surface area contributed by atoms with Crippen molar-refractivity contribution in [2.75, 3.05) is 7.11 Å². The third-order valence-corrected chi connectivity index (χ3v) is 1.33. The summed E-state index contributed by atoms with van der Waals surface area (Å²) in [6.45, 7) is 0. The molecule has 1 nitrogen and oxygen atoms in total. The van der Waals surface area contributed by atoms with Crippen LogP contribution in [0, 0.1) is 0 Å².